The Morgan fingerprint density at radius 1 is 1.48 bits per heavy atom. The number of nitrogens with one attached hydrogen (secondary N) is 2. The maximum Gasteiger partial charge on any atom is 0.191 e. The van der Waals surface area contributed by atoms with Crippen LogP contribution in [0.2, 0.25) is 0 Å². The monoisotopic (exact) mass is 317 g/mol. The topological polar surface area (TPSA) is 65.7 Å². The molecule has 1 saturated heterocycles. The second-order valence-corrected chi connectivity index (χ2v) is 5.39. The van der Waals surface area contributed by atoms with E-state index >= 15 is 0 Å². The molecule has 0 amide bonds. The third-order valence-corrected chi connectivity index (χ3v) is 3.80. The van der Waals surface area contributed by atoms with Crippen LogP contribution in [0.15, 0.2) is 46.1 Å². The summed E-state index contributed by atoms with van der Waals surface area (Å²) in [4.78, 5) is 10.3. The molecule has 0 aliphatic carbocycles. The number of furan rings is 1. The van der Waals surface area contributed by atoms with Gasteiger partial charge in [-0.2, -0.15) is 0 Å². The molecule has 1 atom stereocenters. The summed E-state index contributed by atoms with van der Waals surface area (Å²) in [5.74, 6) is 1.68. The summed E-state index contributed by atoms with van der Waals surface area (Å²) in [6.07, 6.45) is 4.16. The van der Waals surface area contributed by atoms with E-state index in [1.54, 1.807) is 25.6 Å². The number of halogens is 1. The van der Waals surface area contributed by atoms with Crippen molar-refractivity contribution < 1.29 is 8.81 Å². The molecule has 1 unspecified atom stereocenters. The lowest BCUT2D eigenvalue weighted by Crippen LogP contribution is -2.44. The second kappa shape index (κ2) is 7.13. The van der Waals surface area contributed by atoms with E-state index in [1.165, 1.54) is 6.07 Å². The van der Waals surface area contributed by atoms with Gasteiger partial charge in [0.1, 0.15) is 5.76 Å². The van der Waals surface area contributed by atoms with E-state index < -0.39 is 0 Å². The van der Waals surface area contributed by atoms with Gasteiger partial charge in [-0.25, -0.2) is 9.37 Å². The molecular weight excluding hydrogens is 297 g/mol. The van der Waals surface area contributed by atoms with Crippen LogP contribution in [-0.2, 0) is 6.54 Å². The normalized spacial score (nSPS) is 18.3. The fourth-order valence-electron chi connectivity index (χ4n) is 2.65. The summed E-state index contributed by atoms with van der Waals surface area (Å²) in [6, 6.07) is 6.99. The molecule has 6 nitrogen and oxygen atoms in total. The van der Waals surface area contributed by atoms with Gasteiger partial charge in [-0.05, 0) is 30.7 Å². The Labute approximate surface area is 134 Å². The number of anilines is 1. The van der Waals surface area contributed by atoms with Crippen LogP contribution >= 0.6 is 0 Å². The summed E-state index contributed by atoms with van der Waals surface area (Å²) in [7, 11) is 1.72. The average molecular weight is 317 g/mol. The summed E-state index contributed by atoms with van der Waals surface area (Å²) in [5, 5.41) is 6.55. The van der Waals surface area contributed by atoms with Crippen molar-refractivity contribution in [2.24, 2.45) is 4.99 Å². The second-order valence-electron chi connectivity index (χ2n) is 5.39. The summed E-state index contributed by atoms with van der Waals surface area (Å²) in [5.41, 5.74) is 0. The minimum absolute atomic E-state index is 0.194. The van der Waals surface area contributed by atoms with Gasteiger partial charge in [-0.1, -0.05) is 0 Å². The number of aromatic nitrogens is 1. The lowest BCUT2D eigenvalue weighted by Gasteiger charge is -2.19. The van der Waals surface area contributed by atoms with Crippen molar-refractivity contribution in [1.29, 1.82) is 0 Å². The highest BCUT2D eigenvalue weighted by atomic mass is 19.1. The average Bonchev–Trinajstić information content (AvgIpc) is 3.23. The molecule has 122 valence electrons. The smallest absolute Gasteiger partial charge is 0.191 e. The van der Waals surface area contributed by atoms with E-state index in [-0.39, 0.29) is 11.9 Å². The summed E-state index contributed by atoms with van der Waals surface area (Å²) < 4.78 is 19.1. The fourth-order valence-corrected chi connectivity index (χ4v) is 2.65. The van der Waals surface area contributed by atoms with Gasteiger partial charge in [-0.15, -0.1) is 0 Å². The van der Waals surface area contributed by atoms with Gasteiger partial charge in [0.05, 0.1) is 12.8 Å². The quantitative estimate of drug-likeness (QED) is 0.664. The Morgan fingerprint density at radius 2 is 2.39 bits per heavy atom. The Morgan fingerprint density at radius 3 is 3.13 bits per heavy atom. The Balaban J connectivity index is 1.53. The molecule has 1 aliphatic heterocycles. The van der Waals surface area contributed by atoms with E-state index in [0.29, 0.717) is 24.9 Å². The molecule has 1 fully saturated rings. The van der Waals surface area contributed by atoms with Crippen molar-refractivity contribution in [3.63, 3.8) is 0 Å². The number of rotatable bonds is 4. The molecule has 0 spiro atoms. The molecule has 0 saturated carbocycles. The van der Waals surface area contributed by atoms with Gasteiger partial charge >= 0.3 is 0 Å². The van der Waals surface area contributed by atoms with Crippen molar-refractivity contribution in [2.75, 3.05) is 25.0 Å². The minimum Gasteiger partial charge on any atom is -0.467 e. The minimum atomic E-state index is -0.284. The standard InChI is InChI=1S/C16H20FN5O/c1-18-16(20-10-13-4-3-9-23-13)21-12-6-8-22(11-12)15-14(17)5-2-7-19-15/h2-5,7,9,12H,6,8,10-11H2,1H3,(H2,18,20,21). The Bertz CT molecular complexity index is 658. The first-order valence-electron chi connectivity index (χ1n) is 7.61. The molecule has 1 aliphatic rings. The van der Waals surface area contributed by atoms with Gasteiger partial charge in [0.2, 0.25) is 0 Å². The number of pyridine rings is 1. The molecule has 3 heterocycles. The van der Waals surface area contributed by atoms with Crippen molar-refractivity contribution in [2.45, 2.75) is 19.0 Å². The molecule has 0 bridgehead atoms. The molecule has 3 rings (SSSR count). The summed E-state index contributed by atoms with van der Waals surface area (Å²) >= 11 is 0. The largest absolute Gasteiger partial charge is 0.467 e. The lowest BCUT2D eigenvalue weighted by atomic mass is 10.3. The lowest BCUT2D eigenvalue weighted by molar-refractivity contribution is 0.500. The van der Waals surface area contributed by atoms with Crippen LogP contribution < -0.4 is 15.5 Å². The number of guanidine groups is 1. The highest BCUT2D eigenvalue weighted by Crippen LogP contribution is 2.20. The molecule has 2 aromatic heterocycles. The molecule has 23 heavy (non-hydrogen) atoms. The number of aliphatic imine (C=N–C) groups is 1. The first kappa shape index (κ1) is 15.3. The first-order chi connectivity index (χ1) is 11.3. The van der Waals surface area contributed by atoms with E-state index in [4.69, 9.17) is 4.42 Å². The van der Waals surface area contributed by atoms with Crippen LogP contribution in [0.5, 0.6) is 0 Å². The van der Waals surface area contributed by atoms with Crippen molar-refractivity contribution in [1.82, 2.24) is 15.6 Å². The first-order valence-corrected chi connectivity index (χ1v) is 7.61. The van der Waals surface area contributed by atoms with Crippen LogP contribution in [0.25, 0.3) is 0 Å². The fraction of sp³-hybridized carbons (Fsp3) is 0.375. The molecule has 2 N–H and O–H groups in total. The number of nitrogens with zero attached hydrogens (tertiary/aromatic N) is 3. The predicted octanol–water partition coefficient (Wildman–Crippen LogP) is 1.76. The number of hydrogen-bond acceptors (Lipinski definition) is 4. The van der Waals surface area contributed by atoms with Crippen molar-refractivity contribution in [3.8, 4) is 0 Å². The van der Waals surface area contributed by atoms with Gasteiger partial charge in [-0.3, -0.25) is 4.99 Å². The third-order valence-electron chi connectivity index (χ3n) is 3.80. The van der Waals surface area contributed by atoms with E-state index in [0.717, 1.165) is 18.7 Å². The van der Waals surface area contributed by atoms with Gasteiger partial charge in [0.25, 0.3) is 0 Å². The zero-order valence-corrected chi connectivity index (χ0v) is 13.0. The van der Waals surface area contributed by atoms with Crippen LogP contribution in [0.1, 0.15) is 12.2 Å². The van der Waals surface area contributed by atoms with Gasteiger partial charge in [0.15, 0.2) is 17.6 Å². The van der Waals surface area contributed by atoms with Crippen LogP contribution in [0.3, 0.4) is 0 Å². The highest BCUT2D eigenvalue weighted by molar-refractivity contribution is 5.80. The van der Waals surface area contributed by atoms with Crippen LogP contribution in [0.4, 0.5) is 10.2 Å². The van der Waals surface area contributed by atoms with Crippen LogP contribution in [-0.4, -0.2) is 37.1 Å². The highest BCUT2D eigenvalue weighted by Gasteiger charge is 2.25. The third kappa shape index (κ3) is 3.80. The molecule has 7 heteroatoms. The van der Waals surface area contributed by atoms with Crippen LogP contribution in [0, 0.1) is 5.82 Å². The zero-order valence-electron chi connectivity index (χ0n) is 13.0. The molecular formula is C16H20FN5O. The maximum atomic E-state index is 13.8. The predicted molar refractivity (Wildman–Crippen MR) is 86.9 cm³/mol. The Hall–Kier alpha value is -2.57. The van der Waals surface area contributed by atoms with Gasteiger partial charge < -0.3 is 20.0 Å². The number of hydrogen-bond donors (Lipinski definition) is 2. The van der Waals surface area contributed by atoms with Crippen molar-refractivity contribution in [3.05, 3.63) is 48.3 Å². The van der Waals surface area contributed by atoms with E-state index in [2.05, 4.69) is 20.6 Å². The molecule has 0 aromatic carbocycles. The molecule has 2 aromatic rings. The zero-order chi connectivity index (χ0) is 16.1. The van der Waals surface area contributed by atoms with E-state index in [9.17, 15) is 4.39 Å². The SMILES string of the molecule is CN=C(NCc1ccco1)NC1CCN(c2ncccc2F)C1. The molecule has 0 radical (unpaired) electrons. The maximum absolute atomic E-state index is 13.8. The van der Waals surface area contributed by atoms with E-state index in [1.807, 2.05) is 17.0 Å². The van der Waals surface area contributed by atoms with Gasteiger partial charge in [0, 0.05) is 32.4 Å². The summed E-state index contributed by atoms with van der Waals surface area (Å²) in [6.45, 7) is 2.02. The Kier molecular flexibility index (Phi) is 4.75. The van der Waals surface area contributed by atoms with Crippen molar-refractivity contribution >= 4 is 11.8 Å².